The Morgan fingerprint density at radius 3 is 2.56 bits per heavy atom. The maximum Gasteiger partial charge on any atom is 0.316 e. The van der Waals surface area contributed by atoms with Crippen LogP contribution in [0, 0.1) is 10.1 Å². The molecule has 0 atom stereocenters. The van der Waals surface area contributed by atoms with Crippen LogP contribution in [0.3, 0.4) is 0 Å². The molecule has 1 amide bonds. The van der Waals surface area contributed by atoms with Gasteiger partial charge in [0.2, 0.25) is 5.91 Å². The van der Waals surface area contributed by atoms with E-state index >= 15 is 0 Å². The molecule has 0 unspecified atom stereocenters. The fourth-order valence-corrected chi connectivity index (χ4v) is 1.33. The number of hydrogen-bond acceptors (Lipinski definition) is 6. The third kappa shape index (κ3) is 3.08. The van der Waals surface area contributed by atoms with Crippen molar-refractivity contribution in [3.05, 3.63) is 28.3 Å². The van der Waals surface area contributed by atoms with Gasteiger partial charge in [0.1, 0.15) is 11.4 Å². The van der Waals surface area contributed by atoms with Crippen LogP contribution in [0.25, 0.3) is 0 Å². The number of para-hydroxylation sites is 1. The van der Waals surface area contributed by atoms with E-state index in [0.29, 0.717) is 0 Å². The second-order valence-corrected chi connectivity index (χ2v) is 3.74. The normalized spacial score (nSPS) is 9.72. The average Bonchev–Trinajstić information content (AvgIpc) is 2.34. The molecule has 0 aliphatic carbocycles. The van der Waals surface area contributed by atoms with Crippen LogP contribution in [-0.4, -0.2) is 36.4 Å². The highest BCUT2D eigenvalue weighted by atomic mass is 16.6. The number of rotatable bonds is 5. The van der Waals surface area contributed by atoms with Gasteiger partial charge in [0, 0.05) is 14.1 Å². The molecule has 1 aromatic carbocycles. The Hall–Kier alpha value is -2.35. The number of nitro groups is 1. The molecule has 0 saturated heterocycles. The van der Waals surface area contributed by atoms with Gasteiger partial charge >= 0.3 is 5.69 Å². The van der Waals surface area contributed by atoms with Crippen LogP contribution >= 0.6 is 0 Å². The van der Waals surface area contributed by atoms with Gasteiger partial charge in [0.15, 0.2) is 0 Å². The largest absolute Gasteiger partial charge is 0.370 e. The van der Waals surface area contributed by atoms with Crippen LogP contribution in [0.2, 0.25) is 0 Å². The van der Waals surface area contributed by atoms with Gasteiger partial charge in [-0.2, -0.15) is 0 Å². The number of likely N-dealkylation sites (N-methyl/N-ethyl adjacent to an activating group) is 1. The minimum absolute atomic E-state index is 0.0259. The Labute approximate surface area is 104 Å². The molecule has 98 valence electrons. The maximum atomic E-state index is 11.4. The number of hydrazine groups is 1. The third-order valence-electron chi connectivity index (χ3n) is 2.30. The molecule has 1 aromatic rings. The quantitative estimate of drug-likeness (QED) is 0.397. The van der Waals surface area contributed by atoms with Gasteiger partial charge in [-0.05, 0) is 12.1 Å². The third-order valence-corrected chi connectivity index (χ3v) is 2.30. The molecule has 0 spiro atoms. The van der Waals surface area contributed by atoms with Crippen molar-refractivity contribution < 1.29 is 9.72 Å². The van der Waals surface area contributed by atoms with Gasteiger partial charge < -0.3 is 15.6 Å². The molecule has 4 N–H and O–H groups in total. The fraction of sp³-hybridized carbons (Fsp3) is 0.300. The topological polar surface area (TPSA) is 114 Å². The van der Waals surface area contributed by atoms with Crippen molar-refractivity contribution in [3.63, 3.8) is 0 Å². The molecule has 0 radical (unpaired) electrons. The summed E-state index contributed by atoms with van der Waals surface area (Å²) in [7, 11) is 3.21. The number of amides is 1. The lowest BCUT2D eigenvalue weighted by Crippen LogP contribution is -2.28. The van der Waals surface area contributed by atoms with Crippen molar-refractivity contribution >= 4 is 23.0 Å². The van der Waals surface area contributed by atoms with Gasteiger partial charge in [-0.3, -0.25) is 20.8 Å². The Bertz CT molecular complexity index is 461. The second-order valence-electron chi connectivity index (χ2n) is 3.74. The molecule has 18 heavy (non-hydrogen) atoms. The summed E-state index contributed by atoms with van der Waals surface area (Å²) in [5.74, 6) is 5.02. The zero-order valence-electron chi connectivity index (χ0n) is 10.1. The zero-order valence-corrected chi connectivity index (χ0v) is 10.1. The van der Waals surface area contributed by atoms with Gasteiger partial charge in [0.05, 0.1) is 11.5 Å². The van der Waals surface area contributed by atoms with E-state index in [0.717, 1.165) is 0 Å². The molecule has 0 heterocycles. The number of nitro benzene ring substituents is 1. The lowest BCUT2D eigenvalue weighted by Gasteiger charge is -2.12. The predicted molar refractivity (Wildman–Crippen MR) is 68.1 cm³/mol. The van der Waals surface area contributed by atoms with Crippen molar-refractivity contribution in [1.29, 1.82) is 0 Å². The van der Waals surface area contributed by atoms with E-state index in [1.807, 2.05) is 0 Å². The van der Waals surface area contributed by atoms with E-state index in [1.54, 1.807) is 20.2 Å². The number of hydrogen-bond donors (Lipinski definition) is 3. The zero-order chi connectivity index (χ0) is 13.7. The highest BCUT2D eigenvalue weighted by molar-refractivity contribution is 5.83. The number of benzene rings is 1. The number of nitrogens with zero attached hydrogens (tertiary/aromatic N) is 2. The van der Waals surface area contributed by atoms with Crippen LogP contribution in [0.15, 0.2) is 18.2 Å². The summed E-state index contributed by atoms with van der Waals surface area (Å²) < 4.78 is 0. The smallest absolute Gasteiger partial charge is 0.316 e. The average molecular weight is 253 g/mol. The molecule has 0 aliphatic heterocycles. The van der Waals surface area contributed by atoms with Crippen molar-refractivity contribution in [3.8, 4) is 0 Å². The van der Waals surface area contributed by atoms with Crippen molar-refractivity contribution in [2.45, 2.75) is 0 Å². The van der Waals surface area contributed by atoms with E-state index in [4.69, 9.17) is 5.84 Å². The van der Waals surface area contributed by atoms with Crippen LogP contribution in [0.4, 0.5) is 17.1 Å². The van der Waals surface area contributed by atoms with Crippen LogP contribution in [-0.2, 0) is 4.79 Å². The van der Waals surface area contributed by atoms with Crippen molar-refractivity contribution in [1.82, 2.24) is 4.90 Å². The maximum absolute atomic E-state index is 11.4. The molecule has 1 rings (SSSR count). The summed E-state index contributed by atoms with van der Waals surface area (Å²) >= 11 is 0. The number of nitrogen functional groups attached to an aromatic ring is 1. The fourth-order valence-electron chi connectivity index (χ4n) is 1.33. The Balaban J connectivity index is 2.95. The SMILES string of the molecule is CN(C)C(=O)CNc1cccc(NN)c1[N+](=O)[O-]. The van der Waals surface area contributed by atoms with Crippen LogP contribution < -0.4 is 16.6 Å². The molecule has 8 heteroatoms. The summed E-state index contributed by atoms with van der Waals surface area (Å²) in [6, 6.07) is 4.60. The van der Waals surface area contributed by atoms with E-state index in [9.17, 15) is 14.9 Å². The van der Waals surface area contributed by atoms with Gasteiger partial charge in [0.25, 0.3) is 0 Å². The molecule has 0 aromatic heterocycles. The summed E-state index contributed by atoms with van der Waals surface area (Å²) in [5, 5.41) is 13.7. The highest BCUT2D eigenvalue weighted by Crippen LogP contribution is 2.31. The molecule has 0 saturated carbocycles. The summed E-state index contributed by atoms with van der Waals surface area (Å²) in [5.41, 5.74) is 2.49. The summed E-state index contributed by atoms with van der Waals surface area (Å²) in [4.78, 5) is 23.2. The molecule has 0 bridgehead atoms. The highest BCUT2D eigenvalue weighted by Gasteiger charge is 2.19. The first-order chi connectivity index (χ1) is 8.47. The first-order valence-electron chi connectivity index (χ1n) is 5.15. The number of anilines is 2. The predicted octanol–water partition coefficient (Wildman–Crippen LogP) is 0.381. The molecule has 0 aliphatic rings. The number of nitrogens with one attached hydrogen (secondary N) is 2. The Kier molecular flexibility index (Phi) is 4.44. The van der Waals surface area contributed by atoms with E-state index in [-0.39, 0.29) is 29.5 Å². The van der Waals surface area contributed by atoms with Gasteiger partial charge in [-0.25, -0.2) is 0 Å². The van der Waals surface area contributed by atoms with E-state index in [1.165, 1.54) is 17.0 Å². The first-order valence-corrected chi connectivity index (χ1v) is 5.15. The van der Waals surface area contributed by atoms with E-state index < -0.39 is 4.92 Å². The number of carbonyl (C=O) groups excluding carboxylic acids is 1. The Morgan fingerprint density at radius 1 is 1.44 bits per heavy atom. The molecular formula is C10H15N5O3. The monoisotopic (exact) mass is 253 g/mol. The van der Waals surface area contributed by atoms with Crippen LogP contribution in [0.1, 0.15) is 0 Å². The minimum atomic E-state index is -0.558. The number of nitrogens with two attached hydrogens (primary N) is 1. The minimum Gasteiger partial charge on any atom is -0.370 e. The van der Waals surface area contributed by atoms with Crippen molar-refractivity contribution in [2.75, 3.05) is 31.4 Å². The molecular weight excluding hydrogens is 238 g/mol. The standard InChI is InChI=1S/C10H15N5O3/c1-14(2)9(16)6-12-7-4-3-5-8(13-11)10(7)15(17)18/h3-5,12-13H,6,11H2,1-2H3. The number of carbonyl (C=O) groups is 1. The molecule has 0 fully saturated rings. The lowest BCUT2D eigenvalue weighted by molar-refractivity contribution is -0.383. The van der Waals surface area contributed by atoms with Crippen molar-refractivity contribution in [2.24, 2.45) is 5.84 Å². The summed E-state index contributed by atoms with van der Waals surface area (Å²) in [6.07, 6.45) is 0. The molecule has 8 nitrogen and oxygen atoms in total. The Morgan fingerprint density at radius 2 is 2.06 bits per heavy atom. The first kappa shape index (κ1) is 13.7. The van der Waals surface area contributed by atoms with Gasteiger partial charge in [-0.1, -0.05) is 6.07 Å². The van der Waals surface area contributed by atoms with E-state index in [2.05, 4.69) is 10.7 Å². The second kappa shape index (κ2) is 5.82. The lowest BCUT2D eigenvalue weighted by atomic mass is 10.2. The van der Waals surface area contributed by atoms with Crippen LogP contribution in [0.5, 0.6) is 0 Å². The summed E-state index contributed by atoms with van der Waals surface area (Å²) in [6.45, 7) is -0.0259. The van der Waals surface area contributed by atoms with Gasteiger partial charge in [-0.15, -0.1) is 0 Å².